The van der Waals surface area contributed by atoms with Crippen molar-refractivity contribution in [1.29, 1.82) is 0 Å². The molecule has 0 aliphatic carbocycles. The largest absolute Gasteiger partial charge is 0.280 e. The van der Waals surface area contributed by atoms with Crippen LogP contribution >= 0.6 is 11.8 Å². The van der Waals surface area contributed by atoms with Crippen molar-refractivity contribution in [1.82, 2.24) is 5.43 Å². The Kier molecular flexibility index (Phi) is 2.46. The predicted octanol–water partition coefficient (Wildman–Crippen LogP) is 1.45. The summed E-state index contributed by atoms with van der Waals surface area (Å²) in [5, 5.41) is 0.987. The normalized spacial score (nSPS) is 20.4. The van der Waals surface area contributed by atoms with Crippen molar-refractivity contribution in [2.75, 3.05) is 6.26 Å². The van der Waals surface area contributed by atoms with Crippen LogP contribution in [0.1, 0.15) is 27.7 Å². The second-order valence-electron chi connectivity index (χ2n) is 3.51. The number of hydrogen-bond acceptors (Lipinski definition) is 3. The number of amidine groups is 1. The van der Waals surface area contributed by atoms with E-state index in [1.54, 1.807) is 11.8 Å². The molecule has 0 fully saturated rings. The summed E-state index contributed by atoms with van der Waals surface area (Å²) in [6, 6.07) is 0. The highest BCUT2D eigenvalue weighted by atomic mass is 32.2. The van der Waals surface area contributed by atoms with Crippen LogP contribution in [0.2, 0.25) is 0 Å². The van der Waals surface area contributed by atoms with Crippen molar-refractivity contribution in [2.45, 2.75) is 33.4 Å². The molecule has 68 valence electrons. The van der Waals surface area contributed by atoms with E-state index < -0.39 is 0 Å². The molecule has 0 spiro atoms. The summed E-state index contributed by atoms with van der Waals surface area (Å²) in [6.45, 7) is 8.34. The number of nitrogens with zero attached hydrogens (tertiary/aromatic N) is 2. The van der Waals surface area contributed by atoms with Gasteiger partial charge in [-0.25, -0.2) is 0 Å². The minimum Gasteiger partial charge on any atom is -0.184 e. The van der Waals surface area contributed by atoms with Gasteiger partial charge in [0.25, 0.3) is 5.66 Å². The molecular weight excluding hydrogens is 170 g/mol. The lowest BCUT2D eigenvalue weighted by Crippen LogP contribution is -2.40. The Hall–Kier alpha value is -0.510. The van der Waals surface area contributed by atoms with Crippen LogP contribution in [0.15, 0.2) is 4.99 Å². The molecule has 1 N–H and O–H groups in total. The molecule has 0 amide bonds. The molecule has 0 saturated carbocycles. The van der Waals surface area contributed by atoms with Gasteiger partial charge < -0.3 is 0 Å². The number of rotatable bonds is 0. The predicted molar refractivity (Wildman–Crippen MR) is 54.8 cm³/mol. The number of hydrogen-bond donors (Lipinski definition) is 1. The van der Waals surface area contributed by atoms with E-state index in [0.29, 0.717) is 0 Å². The van der Waals surface area contributed by atoms with Crippen molar-refractivity contribution in [2.24, 2.45) is 4.99 Å². The van der Waals surface area contributed by atoms with Gasteiger partial charge in [-0.1, -0.05) is 16.4 Å². The lowest BCUT2D eigenvalue weighted by Gasteiger charge is -2.09. The number of thioether (sulfide) groups is 1. The van der Waals surface area contributed by atoms with E-state index in [2.05, 4.69) is 42.8 Å². The van der Waals surface area contributed by atoms with Crippen molar-refractivity contribution in [3.63, 3.8) is 0 Å². The molecule has 1 aliphatic heterocycles. The maximum absolute atomic E-state index is 4.52. The van der Waals surface area contributed by atoms with E-state index in [1.807, 2.05) is 6.26 Å². The van der Waals surface area contributed by atoms with Crippen molar-refractivity contribution < 1.29 is 4.68 Å². The van der Waals surface area contributed by atoms with E-state index in [0.717, 1.165) is 5.17 Å². The molecule has 0 bridgehead atoms. The number of aliphatic imine (C=N–C) groups is 1. The van der Waals surface area contributed by atoms with Crippen molar-refractivity contribution in [3.05, 3.63) is 0 Å². The first-order valence-electron chi connectivity index (χ1n) is 3.98. The van der Waals surface area contributed by atoms with Crippen LogP contribution in [-0.2, 0) is 0 Å². The van der Waals surface area contributed by atoms with Gasteiger partial charge >= 0.3 is 0 Å². The fourth-order valence-electron chi connectivity index (χ4n) is 1.31. The molecule has 12 heavy (non-hydrogen) atoms. The lowest BCUT2D eigenvalue weighted by molar-refractivity contribution is -0.627. The third-order valence-corrected chi connectivity index (χ3v) is 2.34. The van der Waals surface area contributed by atoms with Crippen molar-refractivity contribution >= 4 is 22.6 Å². The van der Waals surface area contributed by atoms with Crippen LogP contribution in [0.25, 0.3) is 0 Å². The molecule has 1 heterocycles. The van der Waals surface area contributed by atoms with Gasteiger partial charge in [0.15, 0.2) is 5.71 Å². The zero-order valence-electron chi connectivity index (χ0n) is 8.30. The second kappa shape index (κ2) is 3.09. The van der Waals surface area contributed by atoms with Gasteiger partial charge in [0.05, 0.1) is 0 Å². The van der Waals surface area contributed by atoms with Crippen LogP contribution < -0.4 is 5.43 Å². The molecule has 1 rings (SSSR count). The number of hydrazone groups is 1. The zero-order chi connectivity index (χ0) is 9.35. The molecule has 0 unspecified atom stereocenters. The summed E-state index contributed by atoms with van der Waals surface area (Å²) in [5.41, 5.74) is 4.33. The Balaban J connectivity index is 2.98. The topological polar surface area (TPSA) is 27.4 Å². The molecule has 0 saturated heterocycles. The quantitative estimate of drug-likeness (QED) is 0.580. The first kappa shape index (κ1) is 9.58. The minimum absolute atomic E-state index is 0.142. The van der Waals surface area contributed by atoms with Gasteiger partial charge in [-0.3, -0.25) is 0 Å². The van der Waals surface area contributed by atoms with Crippen LogP contribution in [0.3, 0.4) is 0 Å². The molecule has 0 aromatic carbocycles. The average molecular weight is 186 g/mol. The monoisotopic (exact) mass is 186 g/mol. The van der Waals surface area contributed by atoms with Gasteiger partial charge in [0, 0.05) is 27.7 Å². The maximum Gasteiger partial charge on any atom is 0.280 e. The number of nitrogens with one attached hydrogen (secondary N) is 1. The highest BCUT2D eigenvalue weighted by molar-refractivity contribution is 8.13. The summed E-state index contributed by atoms with van der Waals surface area (Å²) in [4.78, 5) is 4.52. The van der Waals surface area contributed by atoms with Crippen LogP contribution in [0, 0.1) is 0 Å². The summed E-state index contributed by atoms with van der Waals surface area (Å²) in [5.74, 6) is 0. The van der Waals surface area contributed by atoms with E-state index >= 15 is 0 Å². The fourth-order valence-corrected chi connectivity index (χ4v) is 1.80. The van der Waals surface area contributed by atoms with Crippen molar-refractivity contribution in [3.8, 4) is 0 Å². The SMILES string of the molecule is CSC1=NC(C)(C)[N+](=C(C)C)N1. The van der Waals surface area contributed by atoms with Gasteiger partial charge in [-0.15, -0.1) is 5.43 Å². The Morgan fingerprint density at radius 2 is 2.08 bits per heavy atom. The van der Waals surface area contributed by atoms with Crippen LogP contribution in [0.5, 0.6) is 0 Å². The van der Waals surface area contributed by atoms with E-state index in [9.17, 15) is 0 Å². The van der Waals surface area contributed by atoms with Gasteiger partial charge in [0.2, 0.25) is 5.17 Å². The Bertz CT molecular complexity index is 249. The third-order valence-electron chi connectivity index (χ3n) is 1.77. The zero-order valence-corrected chi connectivity index (χ0v) is 9.12. The molecule has 4 heteroatoms. The molecule has 0 aromatic rings. The number of hydrazine groups is 1. The van der Waals surface area contributed by atoms with Gasteiger partial charge in [-0.2, -0.15) is 4.99 Å². The highest BCUT2D eigenvalue weighted by Gasteiger charge is 2.38. The smallest absolute Gasteiger partial charge is 0.184 e. The standard InChI is InChI=1S/C8H16N3S/c1-6(2)11-8(3,4)9-7(10-11)12-5/h1-5H3,(H,9,10)/q+1. The highest BCUT2D eigenvalue weighted by Crippen LogP contribution is 2.18. The van der Waals surface area contributed by atoms with Gasteiger partial charge in [0.1, 0.15) is 0 Å². The Labute approximate surface area is 77.9 Å². The van der Waals surface area contributed by atoms with E-state index in [4.69, 9.17) is 0 Å². The molecule has 0 atom stereocenters. The fraction of sp³-hybridized carbons (Fsp3) is 0.750. The molecule has 0 radical (unpaired) electrons. The molecule has 0 aromatic heterocycles. The molecule has 1 aliphatic rings. The minimum atomic E-state index is -0.142. The third kappa shape index (κ3) is 1.63. The van der Waals surface area contributed by atoms with Crippen LogP contribution in [0.4, 0.5) is 0 Å². The maximum atomic E-state index is 4.52. The lowest BCUT2D eigenvalue weighted by atomic mass is 10.2. The molecule has 3 nitrogen and oxygen atoms in total. The summed E-state index contributed by atoms with van der Waals surface area (Å²) < 4.78 is 2.08. The van der Waals surface area contributed by atoms with Crippen LogP contribution in [-0.4, -0.2) is 27.5 Å². The summed E-state index contributed by atoms with van der Waals surface area (Å²) in [7, 11) is 0. The Morgan fingerprint density at radius 3 is 2.33 bits per heavy atom. The second-order valence-corrected chi connectivity index (χ2v) is 4.30. The molecular formula is C8H16N3S+. The average Bonchev–Trinajstić information content (AvgIpc) is 2.25. The first-order chi connectivity index (χ1) is 5.47. The Morgan fingerprint density at radius 1 is 1.50 bits per heavy atom. The van der Waals surface area contributed by atoms with Gasteiger partial charge in [-0.05, 0) is 6.26 Å². The summed E-state index contributed by atoms with van der Waals surface area (Å²) in [6.07, 6.45) is 2.02. The summed E-state index contributed by atoms with van der Waals surface area (Å²) >= 11 is 1.64. The first-order valence-corrected chi connectivity index (χ1v) is 5.21. The van der Waals surface area contributed by atoms with E-state index in [1.165, 1.54) is 5.71 Å². The van der Waals surface area contributed by atoms with E-state index in [-0.39, 0.29) is 5.66 Å².